The first-order valence-electron chi connectivity index (χ1n) is 14.1. The van der Waals surface area contributed by atoms with Gasteiger partial charge in [-0.25, -0.2) is 9.40 Å². The Bertz CT molecular complexity index is 1930. The summed E-state index contributed by atoms with van der Waals surface area (Å²) < 4.78 is 15.8. The molecule has 46 heavy (non-hydrogen) atoms. The molecule has 1 aliphatic heterocycles. The van der Waals surface area contributed by atoms with Crippen LogP contribution in [-0.4, -0.2) is 48.0 Å². The Labute approximate surface area is 270 Å². The summed E-state index contributed by atoms with van der Waals surface area (Å²) in [6.45, 7) is 1.88. The lowest BCUT2D eigenvalue weighted by molar-refractivity contribution is -0.384. The van der Waals surface area contributed by atoms with Crippen molar-refractivity contribution in [3.8, 4) is 5.69 Å². The lowest BCUT2D eigenvalue weighted by Crippen LogP contribution is -2.28. The average Bonchev–Trinajstić information content (AvgIpc) is 3.83. The normalized spacial score (nSPS) is 14.3. The summed E-state index contributed by atoms with van der Waals surface area (Å²) in [6, 6.07) is 23.0. The predicted molar refractivity (Wildman–Crippen MR) is 173 cm³/mol. The molecule has 5 aromatic rings. The number of thioether (sulfide) groups is 1. The van der Waals surface area contributed by atoms with E-state index < -0.39 is 16.6 Å². The molecule has 3 aromatic carbocycles. The molecule has 0 spiro atoms. The molecule has 1 aliphatic rings. The molecular formula is C32H26FN7O4S2. The van der Waals surface area contributed by atoms with Crippen LogP contribution < -0.4 is 5.32 Å². The van der Waals surface area contributed by atoms with Crippen molar-refractivity contribution >= 4 is 46.3 Å². The van der Waals surface area contributed by atoms with Gasteiger partial charge < -0.3 is 5.32 Å². The van der Waals surface area contributed by atoms with Gasteiger partial charge in [0.15, 0.2) is 11.0 Å². The van der Waals surface area contributed by atoms with Crippen molar-refractivity contribution in [2.24, 2.45) is 5.10 Å². The molecule has 232 valence electrons. The monoisotopic (exact) mass is 655 g/mol. The number of non-ortho nitro benzene ring substituents is 1. The number of amides is 2. The van der Waals surface area contributed by atoms with Crippen molar-refractivity contribution in [2.45, 2.75) is 31.1 Å². The Balaban J connectivity index is 1.25. The van der Waals surface area contributed by atoms with Gasteiger partial charge in [0.25, 0.3) is 17.5 Å². The van der Waals surface area contributed by atoms with Gasteiger partial charge in [0.05, 0.1) is 39.4 Å². The topological polar surface area (TPSA) is 136 Å². The van der Waals surface area contributed by atoms with E-state index in [9.17, 15) is 24.1 Å². The molecule has 0 fully saturated rings. The first-order valence-corrected chi connectivity index (χ1v) is 16.0. The van der Waals surface area contributed by atoms with Crippen LogP contribution in [0.4, 0.5) is 10.1 Å². The Morgan fingerprint density at radius 1 is 1.04 bits per heavy atom. The molecule has 1 N–H and O–H groups in total. The highest BCUT2D eigenvalue weighted by Gasteiger charge is 2.33. The summed E-state index contributed by atoms with van der Waals surface area (Å²) in [4.78, 5) is 38.2. The Kier molecular flexibility index (Phi) is 8.99. The zero-order valence-electron chi connectivity index (χ0n) is 24.4. The highest BCUT2D eigenvalue weighted by molar-refractivity contribution is 7.99. The fraction of sp³-hybridized carbons (Fsp3) is 0.156. The third-order valence-corrected chi connectivity index (χ3v) is 9.14. The number of thiophene rings is 1. The van der Waals surface area contributed by atoms with Gasteiger partial charge in [0.2, 0.25) is 0 Å². The molecule has 0 saturated heterocycles. The second-order valence-corrected chi connectivity index (χ2v) is 12.2. The number of rotatable bonds is 10. The molecule has 1 atom stereocenters. The molecule has 2 aromatic heterocycles. The van der Waals surface area contributed by atoms with Gasteiger partial charge >= 0.3 is 0 Å². The minimum Gasteiger partial charge on any atom is -0.345 e. The highest BCUT2D eigenvalue weighted by Crippen LogP contribution is 2.35. The predicted octanol–water partition coefficient (Wildman–Crippen LogP) is 6.08. The fourth-order valence-electron chi connectivity index (χ4n) is 4.96. The number of nitro benzene ring substituents is 1. The van der Waals surface area contributed by atoms with Crippen LogP contribution >= 0.6 is 23.1 Å². The molecule has 2 amide bonds. The van der Waals surface area contributed by atoms with E-state index in [1.54, 1.807) is 22.0 Å². The van der Waals surface area contributed by atoms with Crippen LogP contribution in [0.25, 0.3) is 5.69 Å². The SMILES string of the molecule is Cc1ccc(C2CC(c3cccs3)=NN2C(=O)CSc2nnc(CNC(=O)c3ccccc3F)n2-c2ccc([N+](=O)[O-])cc2)cc1. The van der Waals surface area contributed by atoms with Gasteiger partial charge in [-0.05, 0) is 48.2 Å². The Morgan fingerprint density at radius 3 is 2.50 bits per heavy atom. The number of nitrogens with zero attached hydrogens (tertiary/aromatic N) is 6. The number of halogens is 1. The van der Waals surface area contributed by atoms with Crippen molar-refractivity contribution < 1.29 is 18.9 Å². The largest absolute Gasteiger partial charge is 0.345 e. The second-order valence-electron chi connectivity index (χ2n) is 10.4. The van der Waals surface area contributed by atoms with E-state index in [0.717, 1.165) is 33.5 Å². The number of aryl methyl sites for hydroxylation is 1. The minimum atomic E-state index is -0.664. The molecule has 0 bridgehead atoms. The van der Waals surface area contributed by atoms with Crippen LogP contribution in [0.5, 0.6) is 0 Å². The summed E-state index contributed by atoms with van der Waals surface area (Å²) in [6.07, 6.45) is 0.574. The lowest BCUT2D eigenvalue weighted by atomic mass is 10.00. The molecule has 1 unspecified atom stereocenters. The number of nitro groups is 1. The molecule has 14 heteroatoms. The van der Waals surface area contributed by atoms with Gasteiger partial charge in [0, 0.05) is 24.2 Å². The van der Waals surface area contributed by atoms with Gasteiger partial charge in [-0.3, -0.25) is 24.3 Å². The molecular weight excluding hydrogens is 630 g/mol. The fourth-order valence-corrected chi connectivity index (χ4v) is 6.51. The van der Waals surface area contributed by atoms with E-state index in [1.165, 1.54) is 47.5 Å². The van der Waals surface area contributed by atoms with E-state index in [4.69, 9.17) is 5.10 Å². The number of carbonyl (C=O) groups excluding carboxylic acids is 2. The van der Waals surface area contributed by atoms with E-state index in [0.29, 0.717) is 17.3 Å². The maximum atomic E-state index is 14.2. The minimum absolute atomic E-state index is 0.0315. The molecule has 6 rings (SSSR count). The van der Waals surface area contributed by atoms with Crippen LogP contribution in [0.1, 0.15) is 44.6 Å². The highest BCUT2D eigenvalue weighted by atomic mass is 32.2. The van der Waals surface area contributed by atoms with E-state index >= 15 is 0 Å². The lowest BCUT2D eigenvalue weighted by Gasteiger charge is -2.22. The standard InChI is InChI=1S/C32H26FN7O4S2/c1-20-8-10-21(11-9-20)27-17-26(28-7-4-16-45-28)37-39(27)30(41)19-46-32-36-35-29(18-34-31(42)24-5-2-3-6-25(24)33)38(32)22-12-14-23(15-13-22)40(43)44/h2-16,27H,17-19H2,1H3,(H,34,42). The third kappa shape index (κ3) is 6.57. The summed E-state index contributed by atoms with van der Waals surface area (Å²) in [5.74, 6) is -1.30. The molecule has 0 aliphatic carbocycles. The zero-order valence-corrected chi connectivity index (χ0v) is 26.0. The van der Waals surface area contributed by atoms with E-state index in [-0.39, 0.29) is 41.3 Å². The van der Waals surface area contributed by atoms with Crippen LogP contribution in [0.15, 0.2) is 101 Å². The maximum Gasteiger partial charge on any atom is 0.269 e. The van der Waals surface area contributed by atoms with Gasteiger partial charge in [-0.15, -0.1) is 21.5 Å². The molecule has 0 saturated carbocycles. The van der Waals surface area contributed by atoms with Crippen molar-refractivity contribution in [1.29, 1.82) is 0 Å². The van der Waals surface area contributed by atoms with E-state index in [2.05, 4.69) is 15.5 Å². The number of hydrazone groups is 1. The van der Waals surface area contributed by atoms with Crippen molar-refractivity contribution in [1.82, 2.24) is 25.1 Å². The van der Waals surface area contributed by atoms with Crippen molar-refractivity contribution in [3.63, 3.8) is 0 Å². The van der Waals surface area contributed by atoms with Crippen LogP contribution in [0.3, 0.4) is 0 Å². The van der Waals surface area contributed by atoms with Crippen molar-refractivity contribution in [3.05, 3.63) is 134 Å². The van der Waals surface area contributed by atoms with Crippen LogP contribution in [-0.2, 0) is 11.3 Å². The third-order valence-electron chi connectivity index (χ3n) is 7.30. The van der Waals surface area contributed by atoms with Gasteiger partial charge in [0.1, 0.15) is 5.82 Å². The number of hydrogen-bond acceptors (Lipinski definition) is 9. The summed E-state index contributed by atoms with van der Waals surface area (Å²) >= 11 is 2.69. The Hall–Kier alpha value is -5.21. The van der Waals surface area contributed by atoms with Gasteiger partial charge in [-0.1, -0.05) is 59.8 Å². The molecule has 0 radical (unpaired) electrons. The zero-order chi connectivity index (χ0) is 32.2. The number of aromatic nitrogens is 3. The molecule has 11 nitrogen and oxygen atoms in total. The van der Waals surface area contributed by atoms with Crippen LogP contribution in [0.2, 0.25) is 0 Å². The summed E-state index contributed by atoms with van der Waals surface area (Å²) in [7, 11) is 0. The average molecular weight is 656 g/mol. The number of nitrogens with one attached hydrogen (secondary N) is 1. The Morgan fingerprint density at radius 2 is 1.80 bits per heavy atom. The first kappa shape index (κ1) is 30.8. The van der Waals surface area contributed by atoms with E-state index in [1.807, 2.05) is 48.7 Å². The quantitative estimate of drug-likeness (QED) is 0.109. The number of carbonyl (C=O) groups is 2. The van der Waals surface area contributed by atoms with Crippen molar-refractivity contribution in [2.75, 3.05) is 5.75 Å². The second kappa shape index (κ2) is 13.4. The molecule has 3 heterocycles. The summed E-state index contributed by atoms with van der Waals surface area (Å²) in [5, 5.41) is 31.0. The first-order chi connectivity index (χ1) is 22.3. The summed E-state index contributed by atoms with van der Waals surface area (Å²) in [5.41, 5.74) is 3.17. The number of benzene rings is 3. The smallest absolute Gasteiger partial charge is 0.269 e. The number of hydrogen-bond donors (Lipinski definition) is 1. The maximum absolute atomic E-state index is 14.2. The van der Waals surface area contributed by atoms with Crippen LogP contribution in [0, 0.1) is 22.9 Å². The van der Waals surface area contributed by atoms with Gasteiger partial charge in [-0.2, -0.15) is 5.10 Å².